The Balaban J connectivity index is 2.66. The zero-order valence-electron chi connectivity index (χ0n) is 9.03. The summed E-state index contributed by atoms with van der Waals surface area (Å²) in [4.78, 5) is 4.01. The van der Waals surface area contributed by atoms with Gasteiger partial charge in [-0.15, -0.1) is 0 Å². The third-order valence-electron chi connectivity index (χ3n) is 2.15. The molecule has 0 heterocycles. The summed E-state index contributed by atoms with van der Waals surface area (Å²) in [5.74, 6) is 1.44. The minimum Gasteiger partial charge on any atom is -0.493 e. The Morgan fingerprint density at radius 1 is 1.13 bits per heavy atom. The quantitative estimate of drug-likeness (QED) is 0.446. The first-order valence-electron chi connectivity index (χ1n) is 4.79. The Morgan fingerprint density at radius 2 is 1.87 bits per heavy atom. The largest absolute Gasteiger partial charge is 0.493 e. The van der Waals surface area contributed by atoms with Crippen LogP contribution in [-0.4, -0.2) is 26.1 Å². The first-order valence-corrected chi connectivity index (χ1v) is 4.79. The van der Waals surface area contributed by atoms with Gasteiger partial charge in [-0.2, -0.15) is 0 Å². The van der Waals surface area contributed by atoms with Crippen molar-refractivity contribution in [1.29, 1.82) is 0 Å². The van der Waals surface area contributed by atoms with E-state index >= 15 is 0 Å². The molecule has 0 spiro atoms. The molecule has 0 bridgehead atoms. The second kappa shape index (κ2) is 6.27. The van der Waals surface area contributed by atoms with Gasteiger partial charge in [0.15, 0.2) is 11.5 Å². The Labute approximate surface area is 89.3 Å². The molecular formula is C11H16O4. The fourth-order valence-corrected chi connectivity index (χ4v) is 1.38. The van der Waals surface area contributed by atoms with Crippen molar-refractivity contribution in [3.8, 4) is 11.5 Å². The molecule has 0 saturated heterocycles. The highest BCUT2D eigenvalue weighted by atomic mass is 17.1. The standard InChI is InChI=1S/C11H16O4/c1-13-10-6-5-9(4-3-7-15-12)8-11(10)14-2/h5-6,8,12H,3-4,7H2,1-2H3. The number of hydrogen-bond acceptors (Lipinski definition) is 4. The number of aryl methyl sites for hydroxylation is 1. The van der Waals surface area contributed by atoms with E-state index in [1.807, 2.05) is 18.2 Å². The molecule has 1 aromatic rings. The molecule has 4 nitrogen and oxygen atoms in total. The maximum Gasteiger partial charge on any atom is 0.160 e. The summed E-state index contributed by atoms with van der Waals surface area (Å²) in [7, 11) is 3.22. The number of benzene rings is 1. The molecule has 0 atom stereocenters. The molecule has 84 valence electrons. The summed E-state index contributed by atoms with van der Waals surface area (Å²) >= 11 is 0. The average molecular weight is 212 g/mol. The highest BCUT2D eigenvalue weighted by Gasteiger charge is 2.03. The first-order chi connectivity index (χ1) is 7.31. The Hall–Kier alpha value is -1.26. The number of hydrogen-bond donors (Lipinski definition) is 1. The van der Waals surface area contributed by atoms with Gasteiger partial charge < -0.3 is 9.47 Å². The maximum absolute atomic E-state index is 8.18. The van der Waals surface area contributed by atoms with Gasteiger partial charge in [0.2, 0.25) is 0 Å². The normalized spacial score (nSPS) is 10.1. The summed E-state index contributed by atoms with van der Waals surface area (Å²) in [6.07, 6.45) is 1.60. The van der Waals surface area contributed by atoms with Crippen LogP contribution in [0.3, 0.4) is 0 Å². The average Bonchev–Trinajstić information content (AvgIpc) is 2.29. The van der Waals surface area contributed by atoms with Crippen molar-refractivity contribution in [3.05, 3.63) is 23.8 Å². The van der Waals surface area contributed by atoms with E-state index in [0.717, 1.165) is 29.9 Å². The van der Waals surface area contributed by atoms with Gasteiger partial charge in [-0.05, 0) is 30.5 Å². The Morgan fingerprint density at radius 3 is 2.47 bits per heavy atom. The van der Waals surface area contributed by atoms with Crippen LogP contribution in [0.2, 0.25) is 0 Å². The monoisotopic (exact) mass is 212 g/mol. The lowest BCUT2D eigenvalue weighted by atomic mass is 10.1. The minimum atomic E-state index is 0.342. The predicted octanol–water partition coefficient (Wildman–Crippen LogP) is 2.13. The van der Waals surface area contributed by atoms with Crippen molar-refractivity contribution in [1.82, 2.24) is 0 Å². The molecule has 1 rings (SSSR count). The van der Waals surface area contributed by atoms with Gasteiger partial charge in [-0.1, -0.05) is 6.07 Å². The van der Waals surface area contributed by atoms with E-state index in [0.29, 0.717) is 6.61 Å². The van der Waals surface area contributed by atoms with Gasteiger partial charge in [0.05, 0.1) is 20.8 Å². The molecule has 15 heavy (non-hydrogen) atoms. The minimum absolute atomic E-state index is 0.342. The van der Waals surface area contributed by atoms with E-state index in [9.17, 15) is 0 Å². The van der Waals surface area contributed by atoms with Crippen LogP contribution in [-0.2, 0) is 11.3 Å². The van der Waals surface area contributed by atoms with Crippen molar-refractivity contribution < 1.29 is 19.6 Å². The molecule has 1 N–H and O–H groups in total. The molecule has 0 unspecified atom stereocenters. The van der Waals surface area contributed by atoms with E-state index in [-0.39, 0.29) is 0 Å². The van der Waals surface area contributed by atoms with Gasteiger partial charge in [-0.3, -0.25) is 5.26 Å². The lowest BCUT2D eigenvalue weighted by molar-refractivity contribution is -0.242. The highest BCUT2D eigenvalue weighted by molar-refractivity contribution is 5.42. The third kappa shape index (κ3) is 3.42. The topological polar surface area (TPSA) is 47.9 Å². The molecule has 4 heteroatoms. The molecule has 0 amide bonds. The van der Waals surface area contributed by atoms with E-state index in [4.69, 9.17) is 14.7 Å². The summed E-state index contributed by atoms with van der Waals surface area (Å²) in [5.41, 5.74) is 1.13. The van der Waals surface area contributed by atoms with E-state index in [2.05, 4.69) is 4.89 Å². The van der Waals surface area contributed by atoms with Gasteiger partial charge in [0, 0.05) is 0 Å². The zero-order valence-corrected chi connectivity index (χ0v) is 9.03. The van der Waals surface area contributed by atoms with Gasteiger partial charge in [0.1, 0.15) is 0 Å². The molecule has 0 fully saturated rings. The second-order valence-electron chi connectivity index (χ2n) is 3.13. The highest BCUT2D eigenvalue weighted by Crippen LogP contribution is 2.27. The fourth-order valence-electron chi connectivity index (χ4n) is 1.38. The lowest BCUT2D eigenvalue weighted by Gasteiger charge is -2.09. The van der Waals surface area contributed by atoms with Crippen molar-refractivity contribution in [2.45, 2.75) is 12.8 Å². The van der Waals surface area contributed by atoms with Crippen LogP contribution in [0.25, 0.3) is 0 Å². The molecule has 1 aromatic carbocycles. The second-order valence-corrected chi connectivity index (χ2v) is 3.13. The van der Waals surface area contributed by atoms with Gasteiger partial charge in [-0.25, -0.2) is 4.89 Å². The molecule has 0 aliphatic heterocycles. The summed E-state index contributed by atoms with van der Waals surface area (Å²) in [5, 5.41) is 8.18. The number of rotatable bonds is 6. The summed E-state index contributed by atoms with van der Waals surface area (Å²) < 4.78 is 10.3. The third-order valence-corrected chi connectivity index (χ3v) is 2.15. The summed E-state index contributed by atoms with van der Waals surface area (Å²) in [6, 6.07) is 5.77. The number of ether oxygens (including phenoxy) is 2. The summed E-state index contributed by atoms with van der Waals surface area (Å²) in [6.45, 7) is 0.342. The van der Waals surface area contributed by atoms with Crippen LogP contribution >= 0.6 is 0 Å². The first kappa shape index (κ1) is 11.8. The predicted molar refractivity (Wildman–Crippen MR) is 56.4 cm³/mol. The van der Waals surface area contributed by atoms with Crippen LogP contribution in [0.4, 0.5) is 0 Å². The fraction of sp³-hybridized carbons (Fsp3) is 0.455. The maximum atomic E-state index is 8.18. The van der Waals surface area contributed by atoms with Crippen molar-refractivity contribution in [3.63, 3.8) is 0 Å². The molecule has 0 radical (unpaired) electrons. The van der Waals surface area contributed by atoms with Crippen molar-refractivity contribution in [2.75, 3.05) is 20.8 Å². The molecule has 0 saturated carbocycles. The van der Waals surface area contributed by atoms with Gasteiger partial charge in [0.25, 0.3) is 0 Å². The molecule has 0 aromatic heterocycles. The van der Waals surface area contributed by atoms with Crippen LogP contribution < -0.4 is 9.47 Å². The van der Waals surface area contributed by atoms with E-state index in [1.54, 1.807) is 14.2 Å². The molecular weight excluding hydrogens is 196 g/mol. The van der Waals surface area contributed by atoms with Crippen LogP contribution in [0.15, 0.2) is 18.2 Å². The Kier molecular flexibility index (Phi) is 4.93. The Bertz CT molecular complexity index is 299. The van der Waals surface area contributed by atoms with Crippen molar-refractivity contribution >= 4 is 0 Å². The van der Waals surface area contributed by atoms with Crippen molar-refractivity contribution in [2.24, 2.45) is 0 Å². The molecule has 0 aliphatic carbocycles. The lowest BCUT2D eigenvalue weighted by Crippen LogP contribution is -1.95. The smallest absolute Gasteiger partial charge is 0.160 e. The zero-order chi connectivity index (χ0) is 11.1. The van der Waals surface area contributed by atoms with Crippen LogP contribution in [0, 0.1) is 0 Å². The van der Waals surface area contributed by atoms with Crippen LogP contribution in [0.1, 0.15) is 12.0 Å². The van der Waals surface area contributed by atoms with E-state index < -0.39 is 0 Å². The molecule has 0 aliphatic rings. The van der Waals surface area contributed by atoms with Crippen LogP contribution in [0.5, 0.6) is 11.5 Å². The van der Waals surface area contributed by atoms with E-state index in [1.165, 1.54) is 0 Å². The van der Waals surface area contributed by atoms with Gasteiger partial charge >= 0.3 is 0 Å². The SMILES string of the molecule is COc1ccc(CCCOO)cc1OC. The number of methoxy groups -OCH3 is 2.